The fourth-order valence-electron chi connectivity index (χ4n) is 3.95. The molecule has 4 rings (SSSR count). The van der Waals surface area contributed by atoms with E-state index in [-0.39, 0.29) is 0 Å². The quantitative estimate of drug-likeness (QED) is 0.469. The standard InChI is InChI=1S/C22H25BrN6O4S/c1-4-29(19(24)32)21-27-14-9-13(16(33-3)15(23)17(14)34-21)12-10-25-20(26-11-12)28-7-5-22(2,6-8-28)18(30)31/h9-11H,4-8H2,1-3H3,(H2,24,32)(H,30,31). The van der Waals surface area contributed by atoms with Crippen molar-refractivity contribution in [3.63, 3.8) is 0 Å². The molecule has 0 atom stereocenters. The molecule has 1 aromatic carbocycles. The van der Waals surface area contributed by atoms with Gasteiger partial charge in [-0.2, -0.15) is 0 Å². The van der Waals surface area contributed by atoms with Gasteiger partial charge < -0.3 is 20.5 Å². The lowest BCUT2D eigenvalue weighted by atomic mass is 9.80. The van der Waals surface area contributed by atoms with E-state index in [1.165, 1.54) is 16.2 Å². The van der Waals surface area contributed by atoms with Gasteiger partial charge >= 0.3 is 12.0 Å². The highest BCUT2D eigenvalue weighted by molar-refractivity contribution is 9.10. The van der Waals surface area contributed by atoms with Gasteiger partial charge in [-0.25, -0.2) is 19.7 Å². The monoisotopic (exact) mass is 548 g/mol. The lowest BCUT2D eigenvalue weighted by molar-refractivity contribution is -0.149. The Kier molecular flexibility index (Phi) is 6.63. The third kappa shape index (κ3) is 4.27. The second-order valence-corrected chi connectivity index (χ2v) is 10.1. The number of carboxylic acids is 1. The second kappa shape index (κ2) is 9.34. The molecule has 0 radical (unpaired) electrons. The third-order valence-corrected chi connectivity index (χ3v) is 8.33. The molecular weight excluding hydrogens is 524 g/mol. The Bertz CT molecular complexity index is 1240. The number of carboxylic acid groups (broad SMARTS) is 1. The molecular formula is C22H25BrN6O4S. The number of amides is 2. The predicted molar refractivity (Wildman–Crippen MR) is 135 cm³/mol. The number of nitrogens with two attached hydrogens (primary N) is 1. The Morgan fingerprint density at radius 1 is 1.32 bits per heavy atom. The minimum absolute atomic E-state index is 0.411. The predicted octanol–water partition coefficient (Wildman–Crippen LogP) is 4.12. The lowest BCUT2D eigenvalue weighted by Crippen LogP contribution is -2.43. The van der Waals surface area contributed by atoms with Gasteiger partial charge in [-0.15, -0.1) is 0 Å². The summed E-state index contributed by atoms with van der Waals surface area (Å²) in [6.07, 6.45) is 4.52. The van der Waals surface area contributed by atoms with Crippen LogP contribution in [0.2, 0.25) is 0 Å². The highest BCUT2D eigenvalue weighted by atomic mass is 79.9. The van der Waals surface area contributed by atoms with E-state index in [9.17, 15) is 14.7 Å². The number of aliphatic carboxylic acids is 1. The SMILES string of the molecule is CCN(C(N)=O)c1nc2cc(-c3cnc(N4CCC(C)(C(=O)O)CC4)nc3)c(OC)c(Br)c2s1. The zero-order valence-electron chi connectivity index (χ0n) is 19.0. The molecule has 0 unspecified atom stereocenters. The van der Waals surface area contributed by atoms with Crippen LogP contribution in [0, 0.1) is 5.41 Å². The number of carbonyl (C=O) groups excluding carboxylic acids is 1. The van der Waals surface area contributed by atoms with Crippen molar-refractivity contribution in [3.05, 3.63) is 22.9 Å². The first-order valence-corrected chi connectivity index (χ1v) is 12.3. The number of thiazole rings is 1. The number of hydrogen-bond acceptors (Lipinski definition) is 8. The van der Waals surface area contributed by atoms with E-state index in [1.807, 2.05) is 17.9 Å². The van der Waals surface area contributed by atoms with Crippen LogP contribution in [0.1, 0.15) is 26.7 Å². The fraction of sp³-hybridized carbons (Fsp3) is 0.409. The first-order chi connectivity index (χ1) is 16.2. The van der Waals surface area contributed by atoms with Gasteiger partial charge in [0.1, 0.15) is 5.75 Å². The van der Waals surface area contributed by atoms with Crippen LogP contribution >= 0.6 is 27.3 Å². The Balaban J connectivity index is 1.65. The maximum Gasteiger partial charge on any atom is 0.321 e. The van der Waals surface area contributed by atoms with Crippen LogP contribution in [-0.2, 0) is 4.79 Å². The number of anilines is 2. The van der Waals surface area contributed by atoms with Gasteiger partial charge in [0.2, 0.25) is 5.95 Å². The van der Waals surface area contributed by atoms with Gasteiger partial charge in [-0.1, -0.05) is 11.3 Å². The zero-order chi connectivity index (χ0) is 24.6. The summed E-state index contributed by atoms with van der Waals surface area (Å²) in [5.41, 5.74) is 6.97. The lowest BCUT2D eigenvalue weighted by Gasteiger charge is -2.36. The molecule has 3 N–H and O–H groups in total. The van der Waals surface area contributed by atoms with Crippen LogP contribution in [0.5, 0.6) is 5.75 Å². The smallest absolute Gasteiger partial charge is 0.321 e. The average molecular weight is 549 g/mol. The normalized spacial score (nSPS) is 15.4. The Morgan fingerprint density at radius 2 is 1.97 bits per heavy atom. The Morgan fingerprint density at radius 3 is 2.50 bits per heavy atom. The third-order valence-electron chi connectivity index (χ3n) is 6.20. The van der Waals surface area contributed by atoms with Gasteiger partial charge in [0.05, 0.1) is 27.2 Å². The molecule has 12 heteroatoms. The number of methoxy groups -OCH3 is 1. The summed E-state index contributed by atoms with van der Waals surface area (Å²) < 4.78 is 7.24. The van der Waals surface area contributed by atoms with E-state index >= 15 is 0 Å². The molecule has 2 aromatic heterocycles. The highest BCUT2D eigenvalue weighted by Gasteiger charge is 2.37. The number of primary amides is 1. The molecule has 10 nitrogen and oxygen atoms in total. The number of nitrogens with zero attached hydrogens (tertiary/aromatic N) is 5. The van der Waals surface area contributed by atoms with E-state index in [2.05, 4.69) is 30.9 Å². The Hall–Kier alpha value is -2.99. The van der Waals surface area contributed by atoms with E-state index in [4.69, 9.17) is 10.5 Å². The number of benzene rings is 1. The summed E-state index contributed by atoms with van der Waals surface area (Å²) in [7, 11) is 1.58. The minimum atomic E-state index is -0.764. The van der Waals surface area contributed by atoms with Crippen LogP contribution in [-0.4, -0.2) is 58.8 Å². The second-order valence-electron chi connectivity index (χ2n) is 8.32. The molecule has 0 spiro atoms. The molecule has 180 valence electrons. The first-order valence-electron chi connectivity index (χ1n) is 10.7. The van der Waals surface area contributed by atoms with Crippen molar-refractivity contribution in [1.29, 1.82) is 0 Å². The molecule has 1 saturated heterocycles. The Labute approximate surface area is 208 Å². The topological polar surface area (TPSA) is 135 Å². The maximum atomic E-state index is 11.8. The van der Waals surface area contributed by atoms with E-state index in [1.54, 1.807) is 26.4 Å². The van der Waals surface area contributed by atoms with Gasteiger partial charge in [0, 0.05) is 43.2 Å². The van der Waals surface area contributed by atoms with Crippen LogP contribution in [0.15, 0.2) is 22.9 Å². The zero-order valence-corrected chi connectivity index (χ0v) is 21.4. The van der Waals surface area contributed by atoms with Crippen LogP contribution in [0.4, 0.5) is 15.9 Å². The van der Waals surface area contributed by atoms with Crippen molar-refractivity contribution >= 4 is 60.6 Å². The molecule has 2 amide bonds. The van der Waals surface area contributed by atoms with Crippen molar-refractivity contribution in [2.45, 2.75) is 26.7 Å². The van der Waals surface area contributed by atoms with Crippen LogP contribution in [0.25, 0.3) is 21.3 Å². The number of hydrogen-bond donors (Lipinski definition) is 2. The van der Waals surface area contributed by atoms with Crippen molar-refractivity contribution in [2.24, 2.45) is 11.1 Å². The van der Waals surface area contributed by atoms with Crippen molar-refractivity contribution in [3.8, 4) is 16.9 Å². The number of halogens is 1. The molecule has 3 aromatic rings. The molecule has 3 heterocycles. The molecule has 0 aliphatic carbocycles. The number of ether oxygens (including phenoxy) is 1. The summed E-state index contributed by atoms with van der Waals surface area (Å²) in [6, 6.07) is 1.32. The van der Waals surface area contributed by atoms with Gasteiger partial charge in [0.15, 0.2) is 5.13 Å². The van der Waals surface area contributed by atoms with E-state index < -0.39 is 17.4 Å². The summed E-state index contributed by atoms with van der Waals surface area (Å²) in [4.78, 5) is 40.4. The molecule has 1 aliphatic rings. The van der Waals surface area contributed by atoms with Crippen molar-refractivity contribution < 1.29 is 19.4 Å². The maximum absolute atomic E-state index is 11.8. The molecule has 1 fully saturated rings. The summed E-state index contributed by atoms with van der Waals surface area (Å²) in [5.74, 6) is 0.405. The molecule has 0 bridgehead atoms. The van der Waals surface area contributed by atoms with Gasteiger partial charge in [0.25, 0.3) is 0 Å². The number of urea groups is 1. The van der Waals surface area contributed by atoms with Gasteiger partial charge in [-0.3, -0.25) is 9.69 Å². The number of carbonyl (C=O) groups is 2. The molecule has 1 aliphatic heterocycles. The summed E-state index contributed by atoms with van der Waals surface area (Å²) >= 11 is 4.97. The number of aromatic nitrogens is 3. The molecule has 0 saturated carbocycles. The van der Waals surface area contributed by atoms with Crippen LogP contribution < -0.4 is 20.3 Å². The minimum Gasteiger partial charge on any atom is -0.495 e. The van der Waals surface area contributed by atoms with Crippen LogP contribution in [0.3, 0.4) is 0 Å². The fourth-order valence-corrected chi connectivity index (χ4v) is 5.82. The van der Waals surface area contributed by atoms with Crippen molar-refractivity contribution in [2.75, 3.05) is 36.5 Å². The van der Waals surface area contributed by atoms with Gasteiger partial charge in [-0.05, 0) is 48.7 Å². The van der Waals surface area contributed by atoms with E-state index in [0.29, 0.717) is 54.8 Å². The van der Waals surface area contributed by atoms with Crippen molar-refractivity contribution in [1.82, 2.24) is 15.0 Å². The number of fused-ring (bicyclic) bond motifs is 1. The number of piperidine rings is 1. The number of rotatable bonds is 6. The molecule has 34 heavy (non-hydrogen) atoms. The summed E-state index contributed by atoms with van der Waals surface area (Å²) in [5, 5.41) is 9.95. The summed E-state index contributed by atoms with van der Waals surface area (Å²) in [6.45, 7) is 5.19. The average Bonchev–Trinajstić information content (AvgIpc) is 3.24. The largest absolute Gasteiger partial charge is 0.495 e. The first kappa shape index (κ1) is 24.1. The highest BCUT2D eigenvalue weighted by Crippen LogP contribution is 2.45. The van der Waals surface area contributed by atoms with E-state index in [0.717, 1.165) is 20.3 Å².